The highest BCUT2D eigenvalue weighted by Gasteiger charge is 2.13. The maximum absolute atomic E-state index is 5.94. The van der Waals surface area contributed by atoms with E-state index in [2.05, 4.69) is 17.4 Å². The maximum atomic E-state index is 5.94. The van der Waals surface area contributed by atoms with Crippen molar-refractivity contribution in [2.75, 3.05) is 6.54 Å². The molecule has 1 aliphatic heterocycles. The summed E-state index contributed by atoms with van der Waals surface area (Å²) in [4.78, 5) is 0. The van der Waals surface area contributed by atoms with Crippen molar-refractivity contribution in [1.82, 2.24) is 5.32 Å². The van der Waals surface area contributed by atoms with Gasteiger partial charge in [0.25, 0.3) is 0 Å². The Morgan fingerprint density at radius 2 is 2.23 bits per heavy atom. The summed E-state index contributed by atoms with van der Waals surface area (Å²) in [5.74, 6) is 0. The molecule has 0 saturated carbocycles. The average Bonchev–Trinajstić information content (AvgIpc) is 2.19. The van der Waals surface area contributed by atoms with Gasteiger partial charge in [-0.25, -0.2) is 0 Å². The van der Waals surface area contributed by atoms with Gasteiger partial charge in [0.2, 0.25) is 0 Å². The number of nitrogens with one attached hydrogen (secondary N) is 1. The van der Waals surface area contributed by atoms with Gasteiger partial charge in [-0.05, 0) is 37.1 Å². The summed E-state index contributed by atoms with van der Waals surface area (Å²) >= 11 is 5.94. The molecule has 1 aliphatic rings. The predicted octanol–water partition coefficient (Wildman–Crippen LogP) is 3.15. The molecule has 13 heavy (non-hydrogen) atoms. The monoisotopic (exact) mass is 195 g/mol. The van der Waals surface area contributed by atoms with E-state index >= 15 is 0 Å². The molecule has 1 fully saturated rings. The zero-order valence-corrected chi connectivity index (χ0v) is 8.35. The fourth-order valence-electron chi connectivity index (χ4n) is 1.86. The van der Waals surface area contributed by atoms with E-state index in [0.29, 0.717) is 6.04 Å². The van der Waals surface area contributed by atoms with Crippen LogP contribution in [0.4, 0.5) is 0 Å². The van der Waals surface area contributed by atoms with Gasteiger partial charge in [0, 0.05) is 11.1 Å². The minimum Gasteiger partial charge on any atom is -0.310 e. The third-order valence-corrected chi connectivity index (χ3v) is 2.80. The first-order valence-corrected chi connectivity index (χ1v) is 5.23. The van der Waals surface area contributed by atoms with Gasteiger partial charge in [-0.3, -0.25) is 0 Å². The van der Waals surface area contributed by atoms with Gasteiger partial charge in [0.1, 0.15) is 0 Å². The van der Waals surface area contributed by atoms with E-state index < -0.39 is 0 Å². The minimum atomic E-state index is 0.521. The molecule has 70 valence electrons. The molecule has 1 saturated heterocycles. The lowest BCUT2D eigenvalue weighted by Gasteiger charge is -2.23. The summed E-state index contributed by atoms with van der Waals surface area (Å²) in [6.45, 7) is 1.14. The molecule has 0 radical (unpaired) electrons. The second-order valence-electron chi connectivity index (χ2n) is 3.56. The van der Waals surface area contributed by atoms with Crippen LogP contribution >= 0.6 is 11.6 Å². The molecule has 0 bridgehead atoms. The summed E-state index contributed by atoms with van der Waals surface area (Å²) in [5.41, 5.74) is 1.33. The maximum Gasteiger partial charge on any atom is 0.0409 e. The number of piperidine rings is 1. The molecule has 1 atom stereocenters. The third-order valence-electron chi connectivity index (χ3n) is 2.56. The van der Waals surface area contributed by atoms with Crippen molar-refractivity contribution in [2.24, 2.45) is 0 Å². The molecule has 0 aliphatic carbocycles. The molecule has 2 rings (SSSR count). The predicted molar refractivity (Wildman–Crippen MR) is 56.0 cm³/mol. The van der Waals surface area contributed by atoms with Crippen LogP contribution in [0.5, 0.6) is 0 Å². The van der Waals surface area contributed by atoms with Crippen LogP contribution in [0.2, 0.25) is 5.02 Å². The number of halogens is 1. The molecule has 2 heteroatoms. The lowest BCUT2D eigenvalue weighted by Crippen LogP contribution is -2.26. The molecule has 1 N–H and O–H groups in total. The zero-order chi connectivity index (χ0) is 9.10. The van der Waals surface area contributed by atoms with Crippen molar-refractivity contribution in [2.45, 2.75) is 25.3 Å². The molecule has 1 aromatic carbocycles. The average molecular weight is 196 g/mol. The van der Waals surface area contributed by atoms with E-state index in [1.165, 1.54) is 24.8 Å². The smallest absolute Gasteiger partial charge is 0.0409 e. The van der Waals surface area contributed by atoms with Crippen molar-refractivity contribution in [3.05, 3.63) is 34.9 Å². The van der Waals surface area contributed by atoms with Gasteiger partial charge in [0.15, 0.2) is 0 Å². The Kier molecular flexibility index (Phi) is 2.87. The van der Waals surface area contributed by atoms with Crippen LogP contribution in [0.15, 0.2) is 24.3 Å². The third kappa shape index (κ3) is 2.23. The topological polar surface area (TPSA) is 12.0 Å². The van der Waals surface area contributed by atoms with Gasteiger partial charge in [0.05, 0.1) is 0 Å². The Balaban J connectivity index is 2.14. The van der Waals surface area contributed by atoms with Crippen LogP contribution in [-0.4, -0.2) is 6.54 Å². The minimum absolute atomic E-state index is 0.521. The molecule has 1 aromatic rings. The second-order valence-corrected chi connectivity index (χ2v) is 3.99. The van der Waals surface area contributed by atoms with Gasteiger partial charge < -0.3 is 5.32 Å². The van der Waals surface area contributed by atoms with Crippen molar-refractivity contribution in [3.8, 4) is 0 Å². The van der Waals surface area contributed by atoms with Gasteiger partial charge in [-0.2, -0.15) is 0 Å². The Morgan fingerprint density at radius 1 is 1.31 bits per heavy atom. The highest BCUT2D eigenvalue weighted by molar-refractivity contribution is 6.30. The van der Waals surface area contributed by atoms with E-state index in [4.69, 9.17) is 11.6 Å². The molecule has 1 nitrogen and oxygen atoms in total. The molecule has 1 unspecified atom stereocenters. The van der Waals surface area contributed by atoms with E-state index in [1.807, 2.05) is 12.1 Å². The molecule has 1 heterocycles. The SMILES string of the molecule is Clc1cccc(C2CCCCN2)c1. The van der Waals surface area contributed by atoms with Crippen molar-refractivity contribution in [1.29, 1.82) is 0 Å². The highest BCUT2D eigenvalue weighted by atomic mass is 35.5. The Bertz CT molecular complexity index is 279. The van der Waals surface area contributed by atoms with Crippen LogP contribution in [-0.2, 0) is 0 Å². The lowest BCUT2D eigenvalue weighted by atomic mass is 9.98. The van der Waals surface area contributed by atoms with Crippen LogP contribution in [0, 0.1) is 0 Å². The highest BCUT2D eigenvalue weighted by Crippen LogP contribution is 2.24. The molecule has 0 aromatic heterocycles. The number of hydrogen-bond donors (Lipinski definition) is 1. The van der Waals surface area contributed by atoms with Crippen LogP contribution in [0.25, 0.3) is 0 Å². The Hall–Kier alpha value is -0.530. The van der Waals surface area contributed by atoms with Crippen LogP contribution in [0.3, 0.4) is 0 Å². The lowest BCUT2D eigenvalue weighted by molar-refractivity contribution is 0.412. The van der Waals surface area contributed by atoms with Gasteiger partial charge in [-0.15, -0.1) is 0 Å². The summed E-state index contributed by atoms with van der Waals surface area (Å²) in [7, 11) is 0. The first kappa shape index (κ1) is 9.04. The quantitative estimate of drug-likeness (QED) is 0.726. The van der Waals surface area contributed by atoms with Crippen molar-refractivity contribution < 1.29 is 0 Å². The molecule has 0 amide bonds. The summed E-state index contributed by atoms with van der Waals surface area (Å²) in [6, 6.07) is 8.67. The molecular formula is C11H14ClN. The normalized spacial score (nSPS) is 23.0. The van der Waals surface area contributed by atoms with Crippen LogP contribution in [0.1, 0.15) is 30.9 Å². The van der Waals surface area contributed by atoms with Gasteiger partial charge >= 0.3 is 0 Å². The number of rotatable bonds is 1. The van der Waals surface area contributed by atoms with Crippen molar-refractivity contribution in [3.63, 3.8) is 0 Å². The first-order valence-electron chi connectivity index (χ1n) is 4.85. The van der Waals surface area contributed by atoms with E-state index in [-0.39, 0.29) is 0 Å². The number of benzene rings is 1. The number of hydrogen-bond acceptors (Lipinski definition) is 1. The Morgan fingerprint density at radius 3 is 2.92 bits per heavy atom. The second kappa shape index (κ2) is 4.12. The largest absolute Gasteiger partial charge is 0.310 e. The first-order chi connectivity index (χ1) is 6.36. The summed E-state index contributed by atoms with van der Waals surface area (Å²) in [5, 5.41) is 4.34. The van der Waals surface area contributed by atoms with Gasteiger partial charge in [-0.1, -0.05) is 30.2 Å². The fourth-order valence-corrected chi connectivity index (χ4v) is 2.06. The zero-order valence-electron chi connectivity index (χ0n) is 7.59. The fraction of sp³-hybridized carbons (Fsp3) is 0.455. The Labute approximate surface area is 84.1 Å². The van der Waals surface area contributed by atoms with E-state index in [1.54, 1.807) is 0 Å². The van der Waals surface area contributed by atoms with Crippen molar-refractivity contribution >= 4 is 11.6 Å². The summed E-state index contributed by atoms with van der Waals surface area (Å²) < 4.78 is 0. The van der Waals surface area contributed by atoms with E-state index in [9.17, 15) is 0 Å². The standard InChI is InChI=1S/C11H14ClN/c12-10-5-3-4-9(8-10)11-6-1-2-7-13-11/h3-5,8,11,13H,1-2,6-7H2. The van der Waals surface area contributed by atoms with Crippen LogP contribution < -0.4 is 5.32 Å². The summed E-state index contributed by atoms with van der Waals surface area (Å²) in [6.07, 6.45) is 3.86. The molecular weight excluding hydrogens is 182 g/mol. The molecule has 0 spiro atoms. The van der Waals surface area contributed by atoms with E-state index in [0.717, 1.165) is 11.6 Å².